The minimum Gasteiger partial charge on any atom is -0.435 e. The first kappa shape index (κ1) is 27.4. The Morgan fingerprint density at radius 1 is 0.919 bits per heavy atom. The topological polar surface area (TPSA) is 48.1 Å². The zero-order chi connectivity index (χ0) is 26.2. The van der Waals surface area contributed by atoms with Crippen LogP contribution in [0.3, 0.4) is 0 Å². The van der Waals surface area contributed by atoms with E-state index in [4.69, 9.17) is 14.2 Å². The van der Waals surface area contributed by atoms with Crippen molar-refractivity contribution in [2.24, 2.45) is 28.1 Å². The van der Waals surface area contributed by atoms with Gasteiger partial charge in [0.2, 0.25) is 6.29 Å². The fraction of sp³-hybridized carbons (Fsp3) is 0.848. The van der Waals surface area contributed by atoms with Crippen LogP contribution in [0.2, 0.25) is 0 Å². The molecule has 2 heterocycles. The highest BCUT2D eigenvalue weighted by molar-refractivity contribution is 5.69. The smallest absolute Gasteiger partial charge is 0.308 e. The minimum atomic E-state index is -0.405. The lowest BCUT2D eigenvalue weighted by molar-refractivity contribution is -0.182. The number of carbonyl (C=O) groups is 1. The van der Waals surface area contributed by atoms with E-state index in [0.29, 0.717) is 36.4 Å². The van der Waals surface area contributed by atoms with E-state index in [9.17, 15) is 4.79 Å². The molecule has 37 heavy (non-hydrogen) atoms. The number of esters is 1. The summed E-state index contributed by atoms with van der Waals surface area (Å²) in [5.41, 5.74) is 0.315. The first-order chi connectivity index (χ1) is 17.8. The van der Waals surface area contributed by atoms with Gasteiger partial charge < -0.3 is 14.2 Å². The van der Waals surface area contributed by atoms with Crippen molar-refractivity contribution in [3.05, 3.63) is 24.3 Å². The van der Waals surface area contributed by atoms with E-state index in [1.54, 1.807) is 0 Å². The summed E-state index contributed by atoms with van der Waals surface area (Å²) in [6, 6.07) is 0. The molecule has 0 N–H and O–H groups in total. The molecule has 7 atom stereocenters. The van der Waals surface area contributed by atoms with Crippen LogP contribution in [0.15, 0.2) is 24.3 Å². The highest BCUT2D eigenvalue weighted by Crippen LogP contribution is 2.88. The van der Waals surface area contributed by atoms with Crippen LogP contribution < -0.4 is 0 Å². The summed E-state index contributed by atoms with van der Waals surface area (Å²) in [6.45, 7) is 10.1. The molecular formula is C33H52O4. The van der Waals surface area contributed by atoms with Crippen molar-refractivity contribution in [2.45, 2.75) is 142 Å². The van der Waals surface area contributed by atoms with E-state index in [0.717, 1.165) is 32.1 Å². The molecule has 3 aliphatic carbocycles. The average molecular weight is 513 g/mol. The molecule has 0 bridgehead atoms. The number of hydrogen-bond acceptors (Lipinski definition) is 4. The number of unbranched alkanes of at least 4 members (excludes halogenated alkanes) is 8. The monoisotopic (exact) mass is 512 g/mol. The van der Waals surface area contributed by atoms with Gasteiger partial charge in [-0.25, -0.2) is 0 Å². The lowest BCUT2D eigenvalue weighted by Crippen LogP contribution is -2.46. The van der Waals surface area contributed by atoms with Gasteiger partial charge in [0.1, 0.15) is 5.60 Å². The van der Waals surface area contributed by atoms with Crippen LogP contribution >= 0.6 is 0 Å². The van der Waals surface area contributed by atoms with E-state index in [-0.39, 0.29) is 22.4 Å². The summed E-state index contributed by atoms with van der Waals surface area (Å²) in [6.07, 6.45) is 26.3. The zero-order valence-electron chi connectivity index (χ0n) is 24.1. The normalized spacial score (nSPS) is 40.4. The van der Waals surface area contributed by atoms with Gasteiger partial charge in [-0.2, -0.15) is 0 Å². The molecule has 0 aromatic heterocycles. The average Bonchev–Trinajstić information content (AvgIpc) is 3.67. The maximum Gasteiger partial charge on any atom is 0.308 e. The van der Waals surface area contributed by atoms with Crippen molar-refractivity contribution in [1.82, 2.24) is 0 Å². The maximum absolute atomic E-state index is 12.8. The Morgan fingerprint density at radius 2 is 1.62 bits per heavy atom. The van der Waals surface area contributed by atoms with Crippen molar-refractivity contribution in [1.29, 1.82) is 0 Å². The van der Waals surface area contributed by atoms with Crippen LogP contribution in [-0.2, 0) is 19.0 Å². The molecule has 3 saturated carbocycles. The zero-order valence-corrected chi connectivity index (χ0v) is 24.1. The molecule has 4 nitrogen and oxygen atoms in total. The second kappa shape index (κ2) is 10.8. The van der Waals surface area contributed by atoms with Crippen molar-refractivity contribution in [3.63, 3.8) is 0 Å². The Bertz CT molecular complexity index is 876. The third-order valence-electron chi connectivity index (χ3n) is 10.7. The molecule has 2 spiro atoms. The molecule has 4 heteroatoms. The first-order valence-electron chi connectivity index (χ1n) is 15.6. The van der Waals surface area contributed by atoms with Gasteiger partial charge in [-0.05, 0) is 80.5 Å². The van der Waals surface area contributed by atoms with Crippen LogP contribution in [0.4, 0.5) is 0 Å². The van der Waals surface area contributed by atoms with Crippen LogP contribution in [0, 0.1) is 28.1 Å². The standard InChI is InChI=1S/C33H52O4/c1-5-6-7-8-9-10-11-12-13-14-15-16-17-18-19-20-27(34)36-29-32-23-31(32,4)26-22-30(2,3)21-25(26)28-33(32,37-28)24-35-29/h9-10,12-13,25-26,28-29H,5-8,11,14-24H2,1-4H3/b10-9-,13-12-/t25-,26+,28+,29-,31-,32+,33+/m1/s1. The fourth-order valence-electron chi connectivity index (χ4n) is 8.77. The van der Waals surface area contributed by atoms with Crippen LogP contribution in [0.1, 0.15) is 124 Å². The number of fused-ring (bicyclic) bond motifs is 3. The Morgan fingerprint density at radius 3 is 2.38 bits per heavy atom. The lowest BCUT2D eigenvalue weighted by atomic mass is 9.64. The molecule has 5 rings (SSSR count). The van der Waals surface area contributed by atoms with Gasteiger partial charge in [0.25, 0.3) is 0 Å². The Balaban J connectivity index is 0.958. The molecule has 0 amide bonds. The molecule has 5 aliphatic rings. The number of rotatable bonds is 15. The van der Waals surface area contributed by atoms with Crippen LogP contribution in [0.25, 0.3) is 0 Å². The van der Waals surface area contributed by atoms with Gasteiger partial charge in [0.15, 0.2) is 0 Å². The van der Waals surface area contributed by atoms with Gasteiger partial charge >= 0.3 is 5.97 Å². The quantitative estimate of drug-likeness (QED) is 0.0958. The Labute approximate surface area is 226 Å². The summed E-state index contributed by atoms with van der Waals surface area (Å²) >= 11 is 0. The second-order valence-corrected chi connectivity index (χ2v) is 13.9. The van der Waals surface area contributed by atoms with E-state index in [1.807, 2.05) is 0 Å². The number of hydrogen-bond donors (Lipinski definition) is 0. The minimum absolute atomic E-state index is 0.0811. The van der Waals surface area contributed by atoms with Gasteiger partial charge in [-0.15, -0.1) is 0 Å². The van der Waals surface area contributed by atoms with Crippen molar-refractivity contribution in [3.8, 4) is 0 Å². The first-order valence-corrected chi connectivity index (χ1v) is 15.6. The number of carbonyl (C=O) groups excluding carboxylic acids is 1. The molecule has 0 radical (unpaired) electrons. The molecule has 208 valence electrons. The second-order valence-electron chi connectivity index (χ2n) is 13.9. The Kier molecular flexibility index (Phi) is 8.01. The van der Waals surface area contributed by atoms with E-state index in [2.05, 4.69) is 52.0 Å². The molecule has 2 saturated heterocycles. The largest absolute Gasteiger partial charge is 0.435 e. The third kappa shape index (κ3) is 4.99. The van der Waals surface area contributed by atoms with E-state index < -0.39 is 6.29 Å². The SMILES string of the molecule is CCCCC/C=C\C/C=C\CCCCCCCC(=O)O[C@H]1OC[C@]23O[C@H]2[C@@H]2CC(C)(C)C[C@@H]2[C@@]2(C)C[C@@]132. The molecule has 0 aromatic carbocycles. The lowest BCUT2D eigenvalue weighted by Gasteiger charge is -2.37. The molecule has 2 aliphatic heterocycles. The number of ether oxygens (including phenoxy) is 3. The maximum atomic E-state index is 12.8. The van der Waals surface area contributed by atoms with Crippen LogP contribution in [0.5, 0.6) is 0 Å². The highest BCUT2D eigenvalue weighted by Gasteiger charge is 2.95. The van der Waals surface area contributed by atoms with Gasteiger partial charge in [-0.1, -0.05) is 84.1 Å². The fourth-order valence-corrected chi connectivity index (χ4v) is 8.77. The summed E-state index contributed by atoms with van der Waals surface area (Å²) in [5, 5.41) is 0. The third-order valence-corrected chi connectivity index (χ3v) is 10.7. The predicted octanol–water partition coefficient (Wildman–Crippen LogP) is 8.30. The Hall–Kier alpha value is -1.13. The molecule has 0 unspecified atom stereocenters. The summed E-state index contributed by atoms with van der Waals surface area (Å²) in [7, 11) is 0. The molecule has 5 fully saturated rings. The van der Waals surface area contributed by atoms with Crippen molar-refractivity contribution in [2.75, 3.05) is 6.61 Å². The van der Waals surface area contributed by atoms with Gasteiger partial charge in [-0.3, -0.25) is 4.79 Å². The van der Waals surface area contributed by atoms with E-state index in [1.165, 1.54) is 57.8 Å². The van der Waals surface area contributed by atoms with Crippen LogP contribution in [-0.4, -0.2) is 30.6 Å². The summed E-state index contributed by atoms with van der Waals surface area (Å²) in [4.78, 5) is 12.8. The molecular weight excluding hydrogens is 460 g/mol. The summed E-state index contributed by atoms with van der Waals surface area (Å²) in [5.74, 6) is 1.25. The van der Waals surface area contributed by atoms with Crippen molar-refractivity contribution < 1.29 is 19.0 Å². The summed E-state index contributed by atoms with van der Waals surface area (Å²) < 4.78 is 18.7. The van der Waals surface area contributed by atoms with Crippen molar-refractivity contribution >= 4 is 5.97 Å². The van der Waals surface area contributed by atoms with Gasteiger partial charge in [0, 0.05) is 6.42 Å². The van der Waals surface area contributed by atoms with E-state index >= 15 is 0 Å². The molecule has 0 aromatic rings. The number of allylic oxidation sites excluding steroid dienone is 4. The van der Waals surface area contributed by atoms with Gasteiger partial charge in [0.05, 0.1) is 18.1 Å². The number of epoxide rings is 1. The predicted molar refractivity (Wildman–Crippen MR) is 148 cm³/mol. The highest BCUT2D eigenvalue weighted by atomic mass is 16.7.